The topological polar surface area (TPSA) is 38.9 Å². The van der Waals surface area contributed by atoms with Gasteiger partial charge in [-0.3, -0.25) is 0 Å². The van der Waals surface area contributed by atoms with Gasteiger partial charge in [-0.2, -0.15) is 4.98 Å². The lowest BCUT2D eigenvalue weighted by Gasteiger charge is -1.93. The van der Waals surface area contributed by atoms with E-state index in [1.54, 1.807) is 0 Å². The molecule has 0 saturated heterocycles. The van der Waals surface area contributed by atoms with Gasteiger partial charge in [0.05, 0.1) is 0 Å². The van der Waals surface area contributed by atoms with Crippen LogP contribution < -0.4 is 0 Å². The molecule has 0 aliphatic rings. The van der Waals surface area contributed by atoms with Crippen LogP contribution in [0.5, 0.6) is 0 Å². The van der Waals surface area contributed by atoms with Crippen LogP contribution in [-0.2, 0) is 0 Å². The highest BCUT2D eigenvalue weighted by Crippen LogP contribution is 2.18. The van der Waals surface area contributed by atoms with E-state index in [2.05, 4.69) is 10.1 Å². The summed E-state index contributed by atoms with van der Waals surface area (Å²) in [7, 11) is 0. The van der Waals surface area contributed by atoms with Gasteiger partial charge in [0, 0.05) is 11.5 Å². The Morgan fingerprint density at radius 2 is 1.69 bits per heavy atom. The van der Waals surface area contributed by atoms with Gasteiger partial charge in [-0.1, -0.05) is 63.2 Å². The normalized spacial score (nSPS) is 9.81. The Bertz CT molecular complexity index is 407. The molecule has 3 nitrogen and oxygen atoms in total. The number of rotatable bonds is 2. The summed E-state index contributed by atoms with van der Waals surface area (Å²) in [6.45, 7) is 8.06. The fraction of sp³-hybridized carbons (Fsp3) is 0.385. The maximum absolute atomic E-state index is 5.12. The zero-order valence-corrected chi connectivity index (χ0v) is 10.3. The van der Waals surface area contributed by atoms with Crippen molar-refractivity contribution in [2.24, 2.45) is 0 Å². The fourth-order valence-corrected chi connectivity index (χ4v) is 1.17. The van der Waals surface area contributed by atoms with Crippen LogP contribution in [0, 0.1) is 0 Å². The minimum absolute atomic E-state index is 0.278. The molecule has 0 saturated carbocycles. The number of hydrogen-bond donors (Lipinski definition) is 0. The molecule has 2 rings (SSSR count). The van der Waals surface area contributed by atoms with E-state index < -0.39 is 0 Å². The first-order chi connectivity index (χ1) is 7.77. The predicted molar refractivity (Wildman–Crippen MR) is 65.2 cm³/mol. The minimum Gasteiger partial charge on any atom is -0.339 e. The molecule has 1 aromatic carbocycles. The van der Waals surface area contributed by atoms with Crippen molar-refractivity contribution >= 4 is 0 Å². The monoisotopic (exact) mass is 218 g/mol. The van der Waals surface area contributed by atoms with E-state index in [0.29, 0.717) is 11.7 Å². The zero-order valence-electron chi connectivity index (χ0n) is 10.3. The third-order valence-corrected chi connectivity index (χ3v) is 1.97. The molecule has 0 aliphatic heterocycles. The third kappa shape index (κ3) is 2.92. The van der Waals surface area contributed by atoms with Gasteiger partial charge in [0.1, 0.15) is 0 Å². The molecule has 16 heavy (non-hydrogen) atoms. The maximum atomic E-state index is 5.12. The lowest BCUT2D eigenvalue weighted by Crippen LogP contribution is -1.86. The molecule has 0 fully saturated rings. The molecular formula is C13H18N2O. The minimum atomic E-state index is 0.278. The van der Waals surface area contributed by atoms with Crippen molar-refractivity contribution in [1.29, 1.82) is 0 Å². The fourth-order valence-electron chi connectivity index (χ4n) is 1.17. The SMILES string of the molecule is CC.CC(C)c1nc(-c2ccccc2)no1. The van der Waals surface area contributed by atoms with Gasteiger partial charge in [0.25, 0.3) is 0 Å². The van der Waals surface area contributed by atoms with E-state index in [4.69, 9.17) is 4.52 Å². The highest BCUT2D eigenvalue weighted by atomic mass is 16.5. The second-order valence-electron chi connectivity index (χ2n) is 3.48. The summed E-state index contributed by atoms with van der Waals surface area (Å²) in [6, 6.07) is 9.82. The first-order valence-electron chi connectivity index (χ1n) is 5.66. The summed E-state index contributed by atoms with van der Waals surface area (Å²) in [4.78, 5) is 4.30. The molecule has 0 N–H and O–H groups in total. The average molecular weight is 218 g/mol. The van der Waals surface area contributed by atoms with Crippen molar-refractivity contribution in [2.75, 3.05) is 0 Å². The van der Waals surface area contributed by atoms with Gasteiger partial charge < -0.3 is 4.52 Å². The van der Waals surface area contributed by atoms with Crippen molar-refractivity contribution in [3.63, 3.8) is 0 Å². The van der Waals surface area contributed by atoms with E-state index in [9.17, 15) is 0 Å². The van der Waals surface area contributed by atoms with E-state index in [-0.39, 0.29) is 5.92 Å². The van der Waals surface area contributed by atoms with Crippen LogP contribution in [0.4, 0.5) is 0 Å². The Morgan fingerprint density at radius 3 is 2.19 bits per heavy atom. The molecular weight excluding hydrogens is 200 g/mol. The van der Waals surface area contributed by atoms with Crippen LogP contribution in [0.2, 0.25) is 0 Å². The van der Waals surface area contributed by atoms with E-state index in [1.165, 1.54) is 0 Å². The van der Waals surface area contributed by atoms with Crippen LogP contribution in [0.25, 0.3) is 11.4 Å². The lowest BCUT2D eigenvalue weighted by atomic mass is 10.2. The molecule has 0 spiro atoms. The van der Waals surface area contributed by atoms with Crippen LogP contribution in [0.3, 0.4) is 0 Å². The Balaban J connectivity index is 0.000000606. The summed E-state index contributed by atoms with van der Waals surface area (Å²) in [5.41, 5.74) is 0.989. The number of nitrogens with zero attached hydrogens (tertiary/aromatic N) is 2. The van der Waals surface area contributed by atoms with E-state index >= 15 is 0 Å². The molecule has 1 heterocycles. The van der Waals surface area contributed by atoms with Crippen molar-refractivity contribution in [3.8, 4) is 11.4 Å². The van der Waals surface area contributed by atoms with Gasteiger partial charge in [0.15, 0.2) is 0 Å². The molecule has 0 atom stereocenters. The Hall–Kier alpha value is -1.64. The third-order valence-electron chi connectivity index (χ3n) is 1.97. The van der Waals surface area contributed by atoms with Gasteiger partial charge >= 0.3 is 0 Å². The quantitative estimate of drug-likeness (QED) is 0.767. The van der Waals surface area contributed by atoms with Gasteiger partial charge in [0.2, 0.25) is 11.7 Å². The number of benzene rings is 1. The van der Waals surface area contributed by atoms with Crippen LogP contribution in [-0.4, -0.2) is 10.1 Å². The Labute approximate surface area is 96.5 Å². The average Bonchev–Trinajstić information content (AvgIpc) is 2.82. The molecule has 86 valence electrons. The standard InChI is InChI=1S/C11H12N2O.C2H6/c1-8(2)11-12-10(13-14-11)9-6-4-3-5-7-9;1-2/h3-8H,1-2H3;1-2H3. The molecule has 2 aromatic rings. The van der Waals surface area contributed by atoms with Crippen LogP contribution in [0.1, 0.15) is 39.5 Å². The van der Waals surface area contributed by atoms with Gasteiger partial charge in [-0.25, -0.2) is 0 Å². The zero-order chi connectivity index (χ0) is 12.0. The van der Waals surface area contributed by atoms with Crippen molar-refractivity contribution in [1.82, 2.24) is 10.1 Å². The summed E-state index contributed by atoms with van der Waals surface area (Å²) < 4.78 is 5.12. The summed E-state index contributed by atoms with van der Waals surface area (Å²) >= 11 is 0. The molecule has 0 bridgehead atoms. The predicted octanol–water partition coefficient (Wildman–Crippen LogP) is 3.89. The molecule has 1 aromatic heterocycles. The second-order valence-corrected chi connectivity index (χ2v) is 3.48. The smallest absolute Gasteiger partial charge is 0.229 e. The van der Waals surface area contributed by atoms with E-state index in [0.717, 1.165) is 5.56 Å². The molecule has 3 heteroatoms. The van der Waals surface area contributed by atoms with Crippen molar-refractivity contribution in [3.05, 3.63) is 36.2 Å². The maximum Gasteiger partial charge on any atom is 0.229 e. The van der Waals surface area contributed by atoms with Gasteiger partial charge in [-0.15, -0.1) is 0 Å². The second kappa shape index (κ2) is 6.05. The summed E-state index contributed by atoms with van der Waals surface area (Å²) in [5, 5.41) is 3.92. The van der Waals surface area contributed by atoms with Gasteiger partial charge in [-0.05, 0) is 0 Å². The molecule has 0 aliphatic carbocycles. The first-order valence-corrected chi connectivity index (χ1v) is 5.66. The highest BCUT2D eigenvalue weighted by molar-refractivity contribution is 5.53. The van der Waals surface area contributed by atoms with Crippen molar-refractivity contribution < 1.29 is 4.52 Å². The van der Waals surface area contributed by atoms with Crippen LogP contribution >= 0.6 is 0 Å². The number of aromatic nitrogens is 2. The van der Waals surface area contributed by atoms with Crippen molar-refractivity contribution in [2.45, 2.75) is 33.6 Å². The van der Waals surface area contributed by atoms with Crippen LogP contribution in [0.15, 0.2) is 34.9 Å². The molecule has 0 radical (unpaired) electrons. The molecule has 0 amide bonds. The number of hydrogen-bond acceptors (Lipinski definition) is 3. The Morgan fingerprint density at radius 1 is 1.06 bits per heavy atom. The van der Waals surface area contributed by atoms with E-state index in [1.807, 2.05) is 58.0 Å². The molecule has 0 unspecified atom stereocenters. The first kappa shape index (κ1) is 12.4. The largest absolute Gasteiger partial charge is 0.339 e. The highest BCUT2D eigenvalue weighted by Gasteiger charge is 2.10. The Kier molecular flexibility index (Phi) is 4.70. The lowest BCUT2D eigenvalue weighted by molar-refractivity contribution is 0.365. The summed E-state index contributed by atoms with van der Waals surface area (Å²) in [5.74, 6) is 1.62. The summed E-state index contributed by atoms with van der Waals surface area (Å²) in [6.07, 6.45) is 0.